The summed E-state index contributed by atoms with van der Waals surface area (Å²) in [5.41, 5.74) is 0.793. The van der Waals surface area contributed by atoms with E-state index in [0.717, 1.165) is 5.56 Å². The molecule has 9 heteroatoms. The zero-order valence-corrected chi connectivity index (χ0v) is 18.5. The number of carbonyl (C=O) groups is 1. The van der Waals surface area contributed by atoms with Crippen LogP contribution in [-0.4, -0.2) is 53.6 Å². The van der Waals surface area contributed by atoms with Crippen molar-refractivity contribution in [3.8, 4) is 17.2 Å². The Kier molecular flexibility index (Phi) is 8.49. The first-order valence-corrected chi connectivity index (χ1v) is 10.8. The number of methoxy groups -OCH3 is 3. The van der Waals surface area contributed by atoms with E-state index >= 15 is 0 Å². The maximum Gasteiger partial charge on any atom is 0.242 e. The first-order chi connectivity index (χ1) is 14.3. The molecule has 1 amide bonds. The molecule has 0 aliphatic heterocycles. The molecule has 1 N–H and O–H groups in total. The lowest BCUT2D eigenvalue weighted by Gasteiger charge is -2.17. The fourth-order valence-electron chi connectivity index (χ4n) is 2.88. The molecule has 30 heavy (non-hydrogen) atoms. The normalized spacial score (nSPS) is 11.2. The van der Waals surface area contributed by atoms with Crippen LogP contribution in [0.5, 0.6) is 17.2 Å². The summed E-state index contributed by atoms with van der Waals surface area (Å²) in [6, 6.07) is 11.8. The van der Waals surface area contributed by atoms with Crippen LogP contribution in [0.3, 0.4) is 0 Å². The monoisotopic (exact) mass is 436 g/mol. The summed E-state index contributed by atoms with van der Waals surface area (Å²) in [4.78, 5) is 12.4. The number of benzene rings is 2. The lowest BCUT2D eigenvalue weighted by Crippen LogP contribution is -2.29. The van der Waals surface area contributed by atoms with Crippen LogP contribution in [0.15, 0.2) is 47.4 Å². The number of sulfonamides is 1. The van der Waals surface area contributed by atoms with Gasteiger partial charge >= 0.3 is 0 Å². The molecule has 0 saturated heterocycles. The highest BCUT2D eigenvalue weighted by Crippen LogP contribution is 2.38. The van der Waals surface area contributed by atoms with Gasteiger partial charge in [-0.2, -0.15) is 0 Å². The molecule has 0 aliphatic carbocycles. The summed E-state index contributed by atoms with van der Waals surface area (Å²) in [6.07, 6.45) is 0.614. The average Bonchev–Trinajstić information content (AvgIpc) is 2.77. The van der Waals surface area contributed by atoms with Gasteiger partial charge in [-0.25, -0.2) is 12.7 Å². The predicted molar refractivity (Wildman–Crippen MR) is 113 cm³/mol. The molecule has 2 rings (SSSR count). The Balaban J connectivity index is 1.87. The molecule has 0 spiro atoms. The Morgan fingerprint density at radius 3 is 2.13 bits per heavy atom. The Labute approximate surface area is 177 Å². The first kappa shape index (κ1) is 23.5. The van der Waals surface area contributed by atoms with E-state index < -0.39 is 10.0 Å². The number of carbonyl (C=O) groups excluding carboxylic acids is 1. The third-order valence-corrected chi connectivity index (χ3v) is 6.41. The fourth-order valence-corrected chi connectivity index (χ4v) is 4.11. The number of nitrogens with zero attached hydrogens (tertiary/aromatic N) is 1. The average molecular weight is 437 g/mol. The molecule has 2 aromatic rings. The molecule has 2 aromatic carbocycles. The van der Waals surface area contributed by atoms with Crippen molar-refractivity contribution in [2.45, 2.75) is 24.3 Å². The summed E-state index contributed by atoms with van der Waals surface area (Å²) in [5, 5.41) is 2.82. The minimum atomic E-state index is -3.55. The second-order valence-corrected chi connectivity index (χ2v) is 8.60. The van der Waals surface area contributed by atoms with Gasteiger partial charge in [-0.05, 0) is 36.2 Å². The summed E-state index contributed by atoms with van der Waals surface area (Å²) >= 11 is 0. The zero-order valence-electron chi connectivity index (χ0n) is 17.7. The van der Waals surface area contributed by atoms with Gasteiger partial charge in [0.2, 0.25) is 21.7 Å². The minimum Gasteiger partial charge on any atom is -0.493 e. The number of ether oxygens (including phenoxy) is 3. The van der Waals surface area contributed by atoms with Crippen molar-refractivity contribution < 1.29 is 27.4 Å². The Bertz CT molecular complexity index is 922. The molecular formula is C21H28N2O6S. The summed E-state index contributed by atoms with van der Waals surface area (Å²) in [6.45, 7) is 0.530. The molecule has 164 valence electrons. The van der Waals surface area contributed by atoms with Crippen LogP contribution in [-0.2, 0) is 21.4 Å². The lowest BCUT2D eigenvalue weighted by molar-refractivity contribution is -0.121. The zero-order chi connectivity index (χ0) is 22.1. The summed E-state index contributed by atoms with van der Waals surface area (Å²) in [5.74, 6) is 1.33. The van der Waals surface area contributed by atoms with Crippen LogP contribution in [0.1, 0.15) is 18.4 Å². The number of hydrogen-bond acceptors (Lipinski definition) is 6. The van der Waals surface area contributed by atoms with E-state index in [9.17, 15) is 13.2 Å². The largest absolute Gasteiger partial charge is 0.493 e. The highest BCUT2D eigenvalue weighted by molar-refractivity contribution is 7.89. The summed E-state index contributed by atoms with van der Waals surface area (Å²) in [7, 11) is 2.54. The molecule has 0 unspecified atom stereocenters. The van der Waals surface area contributed by atoms with Gasteiger partial charge in [0.05, 0.1) is 26.2 Å². The number of amides is 1. The van der Waals surface area contributed by atoms with Crippen molar-refractivity contribution in [2.24, 2.45) is 0 Å². The van der Waals surface area contributed by atoms with E-state index in [1.807, 2.05) is 0 Å². The Morgan fingerprint density at radius 2 is 1.60 bits per heavy atom. The number of hydrogen-bond donors (Lipinski definition) is 1. The molecule has 0 saturated carbocycles. The molecular weight excluding hydrogens is 408 g/mol. The van der Waals surface area contributed by atoms with Crippen molar-refractivity contribution in [1.82, 2.24) is 9.62 Å². The van der Waals surface area contributed by atoms with Crippen LogP contribution in [0.25, 0.3) is 0 Å². The first-order valence-electron chi connectivity index (χ1n) is 9.40. The molecule has 0 heterocycles. The van der Waals surface area contributed by atoms with Gasteiger partial charge in [-0.15, -0.1) is 0 Å². The summed E-state index contributed by atoms with van der Waals surface area (Å²) < 4.78 is 42.1. The highest BCUT2D eigenvalue weighted by Gasteiger charge is 2.20. The topological polar surface area (TPSA) is 94.2 Å². The highest BCUT2D eigenvalue weighted by atomic mass is 32.2. The van der Waals surface area contributed by atoms with Crippen LogP contribution in [0.4, 0.5) is 0 Å². The molecule has 0 aromatic heterocycles. The fraction of sp³-hybridized carbons (Fsp3) is 0.381. The van der Waals surface area contributed by atoms with E-state index in [2.05, 4.69) is 5.32 Å². The van der Waals surface area contributed by atoms with Crippen LogP contribution < -0.4 is 19.5 Å². The smallest absolute Gasteiger partial charge is 0.242 e. The van der Waals surface area contributed by atoms with Crippen molar-refractivity contribution in [3.63, 3.8) is 0 Å². The minimum absolute atomic E-state index is 0.172. The Hall–Kier alpha value is -2.78. The number of nitrogens with one attached hydrogen (secondary N) is 1. The van der Waals surface area contributed by atoms with Crippen molar-refractivity contribution >= 4 is 15.9 Å². The third-order valence-electron chi connectivity index (χ3n) is 4.54. The molecule has 0 fully saturated rings. The molecule has 0 bridgehead atoms. The van der Waals surface area contributed by atoms with E-state index in [4.69, 9.17) is 14.2 Å². The van der Waals surface area contributed by atoms with Gasteiger partial charge in [0.25, 0.3) is 0 Å². The van der Waals surface area contributed by atoms with Crippen molar-refractivity contribution in [3.05, 3.63) is 48.0 Å². The predicted octanol–water partition coefficient (Wildman–Crippen LogP) is 2.43. The van der Waals surface area contributed by atoms with E-state index in [1.165, 1.54) is 32.7 Å². The maximum atomic E-state index is 12.5. The van der Waals surface area contributed by atoms with Gasteiger partial charge in [0.1, 0.15) is 0 Å². The number of rotatable bonds is 11. The maximum absolute atomic E-state index is 12.5. The molecule has 8 nitrogen and oxygen atoms in total. The Morgan fingerprint density at radius 1 is 1.00 bits per heavy atom. The second-order valence-electron chi connectivity index (χ2n) is 6.55. The quantitative estimate of drug-likeness (QED) is 0.581. The van der Waals surface area contributed by atoms with Crippen LogP contribution >= 0.6 is 0 Å². The van der Waals surface area contributed by atoms with Crippen molar-refractivity contribution in [2.75, 3.05) is 34.9 Å². The van der Waals surface area contributed by atoms with Gasteiger partial charge in [0, 0.05) is 26.6 Å². The molecule has 0 radical (unpaired) electrons. The van der Waals surface area contributed by atoms with E-state index in [1.54, 1.807) is 42.5 Å². The van der Waals surface area contributed by atoms with E-state index in [0.29, 0.717) is 23.7 Å². The standard InChI is InChI=1S/C21H28N2O6S/c1-23(30(25,26)17-9-6-5-7-10-17)12-8-11-20(24)22-15-16-13-18(27-2)21(29-4)19(14-16)28-3/h5-7,9-10,13-14H,8,11-12,15H2,1-4H3,(H,22,24). The third kappa shape index (κ3) is 5.87. The van der Waals surface area contributed by atoms with Crippen molar-refractivity contribution in [1.29, 1.82) is 0 Å². The van der Waals surface area contributed by atoms with Crippen LogP contribution in [0, 0.1) is 0 Å². The second kappa shape index (κ2) is 10.8. The molecule has 0 aliphatic rings. The SMILES string of the molecule is COc1cc(CNC(=O)CCCN(C)S(=O)(=O)c2ccccc2)cc(OC)c1OC. The van der Waals surface area contributed by atoms with Crippen LogP contribution in [0.2, 0.25) is 0 Å². The van der Waals surface area contributed by atoms with Gasteiger partial charge in [0.15, 0.2) is 11.5 Å². The lowest BCUT2D eigenvalue weighted by atomic mass is 10.1. The van der Waals surface area contributed by atoms with Gasteiger partial charge in [-0.1, -0.05) is 18.2 Å². The van der Waals surface area contributed by atoms with E-state index in [-0.39, 0.29) is 30.3 Å². The van der Waals surface area contributed by atoms with Gasteiger partial charge in [-0.3, -0.25) is 4.79 Å². The molecule has 0 atom stereocenters. The van der Waals surface area contributed by atoms with Gasteiger partial charge < -0.3 is 19.5 Å².